The number of hydrogen-bond donors (Lipinski definition) is 3. The van der Waals surface area contributed by atoms with Gasteiger partial charge in [-0.25, -0.2) is 13.4 Å². The van der Waals surface area contributed by atoms with Gasteiger partial charge in [-0.2, -0.15) is 0 Å². The minimum atomic E-state index is -3.97. The number of pyridine rings is 1. The van der Waals surface area contributed by atoms with Crippen LogP contribution in [0.15, 0.2) is 67.1 Å². The predicted octanol–water partition coefficient (Wildman–Crippen LogP) is 4.55. The van der Waals surface area contributed by atoms with Gasteiger partial charge in [-0.15, -0.1) is 0 Å². The number of ether oxygens (including phenoxy) is 2. The molecule has 0 radical (unpaired) electrons. The van der Waals surface area contributed by atoms with E-state index in [9.17, 15) is 22.8 Å². The number of hydrogen-bond acceptors (Lipinski definition) is 11. The number of nitrogens with two attached hydrogens (primary N) is 1. The second kappa shape index (κ2) is 15.8. The van der Waals surface area contributed by atoms with Crippen molar-refractivity contribution in [3.63, 3.8) is 0 Å². The van der Waals surface area contributed by atoms with E-state index in [-0.39, 0.29) is 43.2 Å². The number of fused-ring (bicyclic) bond motifs is 2. The maximum absolute atomic E-state index is 14.4. The van der Waals surface area contributed by atoms with Crippen LogP contribution in [0.1, 0.15) is 79.6 Å². The van der Waals surface area contributed by atoms with E-state index >= 15 is 0 Å². The maximum Gasteiger partial charge on any atom is 0.259 e. The average Bonchev–Trinajstić information content (AvgIpc) is 4.06. The Balaban J connectivity index is 1.19. The van der Waals surface area contributed by atoms with Gasteiger partial charge in [-0.05, 0) is 95.4 Å². The van der Waals surface area contributed by atoms with Crippen molar-refractivity contribution in [3.05, 3.63) is 67.1 Å². The molecule has 2 aliphatic carbocycles. The summed E-state index contributed by atoms with van der Waals surface area (Å²) in [4.78, 5) is 57.6. The van der Waals surface area contributed by atoms with Gasteiger partial charge in [0.25, 0.3) is 5.91 Å². The smallest absolute Gasteiger partial charge is 0.259 e. The lowest BCUT2D eigenvalue weighted by atomic mass is 9.88. The molecular formula is C42H53N7O7S. The number of benzene rings is 1. The summed E-state index contributed by atoms with van der Waals surface area (Å²) in [6, 6.07) is 9.20. The summed E-state index contributed by atoms with van der Waals surface area (Å²) in [5.74, 6) is -0.878. The van der Waals surface area contributed by atoms with E-state index in [1.165, 1.54) is 4.90 Å². The lowest BCUT2D eigenvalue weighted by molar-refractivity contribution is -0.141. The van der Waals surface area contributed by atoms with Crippen molar-refractivity contribution in [1.29, 1.82) is 0 Å². The molecule has 4 heterocycles. The number of rotatable bonds is 9. The van der Waals surface area contributed by atoms with Gasteiger partial charge in [0.05, 0.1) is 41.0 Å². The van der Waals surface area contributed by atoms with Crippen molar-refractivity contribution in [3.8, 4) is 34.1 Å². The fraction of sp³-hybridized carbons (Fsp3) is 0.524. The van der Waals surface area contributed by atoms with Gasteiger partial charge in [0.1, 0.15) is 34.9 Å². The first kappa shape index (κ1) is 40.3. The summed E-state index contributed by atoms with van der Waals surface area (Å²) in [6.07, 6.45) is 11.6. The number of allylic oxidation sites excluding steroid dienone is 1. The van der Waals surface area contributed by atoms with Crippen molar-refractivity contribution in [2.24, 2.45) is 23.5 Å². The Kier molecular flexibility index (Phi) is 11.2. The zero-order valence-corrected chi connectivity index (χ0v) is 34.0. The van der Waals surface area contributed by atoms with Gasteiger partial charge in [0.15, 0.2) is 0 Å². The molecule has 304 valence electrons. The Morgan fingerprint density at radius 2 is 1.77 bits per heavy atom. The molecule has 14 nitrogen and oxygen atoms in total. The number of nitrogens with one attached hydrogen (secondary N) is 2. The van der Waals surface area contributed by atoms with Crippen molar-refractivity contribution >= 4 is 27.7 Å². The van der Waals surface area contributed by atoms with E-state index in [1.807, 2.05) is 57.2 Å². The Bertz CT molecular complexity index is 2130. The van der Waals surface area contributed by atoms with Crippen molar-refractivity contribution in [2.75, 3.05) is 6.54 Å². The Morgan fingerprint density at radius 1 is 1.04 bits per heavy atom. The van der Waals surface area contributed by atoms with Gasteiger partial charge in [0, 0.05) is 42.4 Å². The Morgan fingerprint density at radius 3 is 2.46 bits per heavy atom. The van der Waals surface area contributed by atoms with Crippen molar-refractivity contribution in [2.45, 2.75) is 114 Å². The summed E-state index contributed by atoms with van der Waals surface area (Å²) >= 11 is 0. The van der Waals surface area contributed by atoms with Crippen LogP contribution in [0.3, 0.4) is 0 Å². The van der Waals surface area contributed by atoms with Crippen LogP contribution in [-0.2, 0) is 24.4 Å². The highest BCUT2D eigenvalue weighted by atomic mass is 32.2. The maximum atomic E-state index is 14.4. The van der Waals surface area contributed by atoms with E-state index in [0.29, 0.717) is 42.1 Å². The number of aromatic nitrogens is 3. The monoisotopic (exact) mass is 799 g/mol. The topological polar surface area (TPSA) is 196 Å². The molecule has 2 saturated carbocycles. The van der Waals surface area contributed by atoms with Gasteiger partial charge >= 0.3 is 0 Å². The van der Waals surface area contributed by atoms with Gasteiger partial charge in [0.2, 0.25) is 21.8 Å². The lowest BCUT2D eigenvalue weighted by Gasteiger charge is -2.30. The first-order chi connectivity index (χ1) is 27.1. The molecular weight excluding hydrogens is 747 g/mol. The summed E-state index contributed by atoms with van der Waals surface area (Å²) in [5.41, 5.74) is 7.62. The third-order valence-corrected chi connectivity index (χ3v) is 13.9. The molecule has 2 aromatic heterocycles. The SMILES string of the molecule is CC1CC/C=C\[C@@H]2C[C@@]2(C(=O)NS(=O)(=O)C2(C)CC2)NC(=O)[C@@H]2C[C@@H](Oc3cc(-c4ccc(OC(C)C)cc4)nc(-c4cnccn4)c3)CN2C(=O)[C@@H](N)[C@H](C)C1. The minimum Gasteiger partial charge on any atom is -0.491 e. The molecule has 1 unspecified atom stereocenters. The highest BCUT2D eigenvalue weighted by Gasteiger charge is 2.63. The molecule has 3 fully saturated rings. The summed E-state index contributed by atoms with van der Waals surface area (Å²) in [6.45, 7) is 9.66. The number of sulfonamides is 1. The minimum absolute atomic E-state index is 0.0159. The average molecular weight is 800 g/mol. The molecule has 7 rings (SSSR count). The summed E-state index contributed by atoms with van der Waals surface area (Å²) < 4.78 is 40.1. The molecule has 3 aromatic rings. The van der Waals surface area contributed by atoms with Crippen LogP contribution in [0, 0.1) is 17.8 Å². The van der Waals surface area contributed by atoms with Gasteiger partial charge in [-0.3, -0.25) is 29.1 Å². The number of carbonyl (C=O) groups excluding carboxylic acids is 3. The second-order valence-electron chi connectivity index (χ2n) is 16.8. The third kappa shape index (κ3) is 8.69. The standard InChI is InChI=1S/C42H53N7O7S/c1-25(2)55-30-12-10-28(11-13-30)33-19-31(20-34(46-33)35-23-44-16-17-45-35)56-32-21-36-38(50)47-42(40(52)48-57(53,54)41(5)14-15-41)22-29(42)9-7-6-8-26(3)18-27(4)37(43)39(51)49(36)24-32/h7,9-13,16-17,19-20,23,25-27,29,32,36-37H,6,8,14-15,18,21-22,24,43H2,1-5H3,(H,47,50)(H,48,52)/b9-7-/t26?,27-,29-,32-,36+,37+,42-/m1/s1. The molecule has 1 aromatic carbocycles. The van der Waals surface area contributed by atoms with Gasteiger partial charge in [-0.1, -0.05) is 26.0 Å². The fourth-order valence-electron chi connectivity index (χ4n) is 7.87. The van der Waals surface area contributed by atoms with Crippen LogP contribution in [0.25, 0.3) is 22.6 Å². The second-order valence-corrected chi connectivity index (χ2v) is 19.0. The molecule has 15 heteroatoms. The molecule has 2 aliphatic heterocycles. The number of nitrogens with zero attached hydrogens (tertiary/aromatic N) is 4. The van der Waals surface area contributed by atoms with Crippen LogP contribution in [0.5, 0.6) is 11.5 Å². The zero-order chi connectivity index (χ0) is 40.7. The first-order valence-electron chi connectivity index (χ1n) is 19.9. The molecule has 4 N–H and O–H groups in total. The van der Waals surface area contributed by atoms with E-state index < -0.39 is 56.2 Å². The van der Waals surface area contributed by atoms with Crippen LogP contribution in [0.2, 0.25) is 0 Å². The largest absolute Gasteiger partial charge is 0.491 e. The highest BCUT2D eigenvalue weighted by Crippen LogP contribution is 2.47. The van der Waals surface area contributed by atoms with Crippen molar-refractivity contribution in [1.82, 2.24) is 29.9 Å². The van der Waals surface area contributed by atoms with Crippen LogP contribution in [-0.4, -0.2) is 87.1 Å². The Hall–Kier alpha value is -4.89. The van der Waals surface area contributed by atoms with E-state index in [1.54, 1.807) is 37.6 Å². The van der Waals surface area contributed by atoms with Crippen LogP contribution >= 0.6 is 0 Å². The molecule has 57 heavy (non-hydrogen) atoms. The van der Waals surface area contributed by atoms with Gasteiger partial charge < -0.3 is 25.4 Å². The predicted molar refractivity (Wildman–Crippen MR) is 214 cm³/mol. The van der Waals surface area contributed by atoms with Crippen LogP contribution < -0.4 is 25.2 Å². The van der Waals surface area contributed by atoms with E-state index in [2.05, 4.69) is 26.9 Å². The molecule has 3 amide bonds. The Labute approximate surface area is 334 Å². The fourth-order valence-corrected chi connectivity index (χ4v) is 9.18. The number of carbonyl (C=O) groups is 3. The molecule has 0 bridgehead atoms. The molecule has 4 aliphatic rings. The lowest BCUT2D eigenvalue weighted by Crippen LogP contribution is -2.58. The van der Waals surface area contributed by atoms with E-state index in [4.69, 9.17) is 20.2 Å². The summed E-state index contributed by atoms with van der Waals surface area (Å²) in [5, 5.41) is 2.93. The molecule has 1 saturated heterocycles. The zero-order valence-electron chi connectivity index (χ0n) is 33.2. The molecule has 7 atom stereocenters. The number of amides is 3. The summed E-state index contributed by atoms with van der Waals surface area (Å²) in [7, 11) is -3.97. The quantitative estimate of drug-likeness (QED) is 0.257. The van der Waals surface area contributed by atoms with Crippen LogP contribution in [0.4, 0.5) is 0 Å². The third-order valence-electron chi connectivity index (χ3n) is 11.8. The highest BCUT2D eigenvalue weighted by molar-refractivity contribution is 7.91. The first-order valence-corrected chi connectivity index (χ1v) is 21.4. The van der Waals surface area contributed by atoms with Crippen molar-refractivity contribution < 1.29 is 32.3 Å². The normalized spacial score (nSPS) is 29.2. The van der Waals surface area contributed by atoms with E-state index in [0.717, 1.165) is 24.2 Å². The molecule has 0 spiro atoms.